The van der Waals surface area contributed by atoms with Gasteiger partial charge in [0.15, 0.2) is 5.78 Å². The minimum Gasteiger partial charge on any atom is -0.493 e. The second-order valence-electron chi connectivity index (χ2n) is 6.13. The molecule has 0 saturated carbocycles. The van der Waals surface area contributed by atoms with Crippen molar-refractivity contribution in [3.8, 4) is 5.75 Å². The number of fused-ring (bicyclic) bond motifs is 1. The summed E-state index contributed by atoms with van der Waals surface area (Å²) in [5, 5.41) is 2.98. The van der Waals surface area contributed by atoms with E-state index >= 15 is 0 Å². The van der Waals surface area contributed by atoms with Crippen LogP contribution in [0, 0.1) is 0 Å². The molecule has 1 heterocycles. The molecule has 1 aliphatic heterocycles. The minimum atomic E-state index is -0.218. The number of amides is 1. The molecule has 0 fully saturated rings. The summed E-state index contributed by atoms with van der Waals surface area (Å²) < 4.78 is 5.60. The van der Waals surface area contributed by atoms with Crippen LogP contribution in [0.3, 0.4) is 0 Å². The van der Waals surface area contributed by atoms with E-state index in [1.54, 1.807) is 12.1 Å². The lowest BCUT2D eigenvalue weighted by atomic mass is 9.92. The molecule has 0 saturated heterocycles. The number of rotatable bonds is 5. The number of hydrogen-bond donors (Lipinski definition) is 1. The lowest BCUT2D eigenvalue weighted by Gasteiger charge is -2.26. The van der Waals surface area contributed by atoms with Gasteiger partial charge in [0.05, 0.1) is 12.5 Å². The zero-order chi connectivity index (χ0) is 16.9. The van der Waals surface area contributed by atoms with Gasteiger partial charge in [0.2, 0.25) is 5.91 Å². The summed E-state index contributed by atoms with van der Waals surface area (Å²) >= 11 is 0. The molecule has 0 bridgehead atoms. The predicted octanol–water partition coefficient (Wildman–Crippen LogP) is 3.33. The average molecular weight is 323 g/mol. The lowest BCUT2D eigenvalue weighted by molar-refractivity contribution is -0.123. The van der Waals surface area contributed by atoms with Gasteiger partial charge in [-0.05, 0) is 19.4 Å². The Bertz CT molecular complexity index is 727. The molecule has 2 aromatic rings. The van der Waals surface area contributed by atoms with Crippen molar-refractivity contribution in [2.24, 2.45) is 0 Å². The fraction of sp³-hybridized carbons (Fsp3) is 0.300. The second kappa shape index (κ2) is 7.30. The maximum absolute atomic E-state index is 12.6. The normalized spacial score (nSPS) is 17.3. The van der Waals surface area contributed by atoms with E-state index < -0.39 is 0 Å². The van der Waals surface area contributed by atoms with Gasteiger partial charge >= 0.3 is 0 Å². The highest BCUT2D eigenvalue weighted by Crippen LogP contribution is 2.33. The van der Waals surface area contributed by atoms with Crippen LogP contribution >= 0.6 is 0 Å². The summed E-state index contributed by atoms with van der Waals surface area (Å²) in [4.78, 5) is 24.9. The van der Waals surface area contributed by atoms with E-state index in [0.29, 0.717) is 25.0 Å². The Hall–Kier alpha value is -2.62. The van der Waals surface area contributed by atoms with Crippen molar-refractivity contribution in [2.45, 2.75) is 31.7 Å². The molecular weight excluding hydrogens is 302 g/mol. The summed E-state index contributed by atoms with van der Waals surface area (Å²) in [6.45, 7) is 2.40. The molecule has 4 nitrogen and oxygen atoms in total. The zero-order valence-corrected chi connectivity index (χ0v) is 13.7. The maximum atomic E-state index is 12.6. The van der Waals surface area contributed by atoms with Gasteiger partial charge in [-0.15, -0.1) is 0 Å². The van der Waals surface area contributed by atoms with Gasteiger partial charge in [-0.3, -0.25) is 9.59 Å². The van der Waals surface area contributed by atoms with E-state index in [1.807, 2.05) is 49.4 Å². The van der Waals surface area contributed by atoms with Gasteiger partial charge in [0.25, 0.3) is 0 Å². The Balaban J connectivity index is 1.62. The Kier molecular flexibility index (Phi) is 4.94. The average Bonchev–Trinajstić information content (AvgIpc) is 2.61. The van der Waals surface area contributed by atoms with Crippen LogP contribution in [0.1, 0.15) is 41.6 Å². The second-order valence-corrected chi connectivity index (χ2v) is 6.13. The zero-order valence-electron chi connectivity index (χ0n) is 13.7. The van der Waals surface area contributed by atoms with E-state index in [1.165, 1.54) is 0 Å². The Labute approximate surface area is 141 Å². The lowest BCUT2D eigenvalue weighted by Crippen LogP contribution is -2.39. The molecule has 0 aromatic heterocycles. The molecule has 0 aliphatic carbocycles. The van der Waals surface area contributed by atoms with Crippen LogP contribution in [0.4, 0.5) is 0 Å². The number of carbonyl (C=O) groups is 2. The Morgan fingerprint density at radius 1 is 1.12 bits per heavy atom. The van der Waals surface area contributed by atoms with Crippen LogP contribution in [0.2, 0.25) is 0 Å². The van der Waals surface area contributed by atoms with Crippen molar-refractivity contribution in [2.75, 3.05) is 6.61 Å². The fourth-order valence-electron chi connectivity index (χ4n) is 3.03. The van der Waals surface area contributed by atoms with E-state index in [0.717, 1.165) is 11.3 Å². The smallest absolute Gasteiger partial charge is 0.228 e. The summed E-state index contributed by atoms with van der Waals surface area (Å²) in [7, 11) is 0. The number of Topliss-reactive ketones (excluding diaryl/α,β-unsaturated/α-hetero) is 1. The van der Waals surface area contributed by atoms with E-state index in [9.17, 15) is 9.59 Å². The molecule has 2 atom stereocenters. The van der Waals surface area contributed by atoms with Crippen LogP contribution < -0.4 is 10.1 Å². The Morgan fingerprint density at radius 2 is 1.83 bits per heavy atom. The number of ether oxygens (including phenoxy) is 1. The number of nitrogens with one attached hydrogen (secondary N) is 1. The van der Waals surface area contributed by atoms with E-state index in [4.69, 9.17) is 4.74 Å². The largest absolute Gasteiger partial charge is 0.493 e. The van der Waals surface area contributed by atoms with Gasteiger partial charge in [-0.2, -0.15) is 0 Å². The highest BCUT2D eigenvalue weighted by atomic mass is 16.5. The molecule has 0 unspecified atom stereocenters. The van der Waals surface area contributed by atoms with Crippen LogP contribution in [0.15, 0.2) is 54.6 Å². The topological polar surface area (TPSA) is 55.4 Å². The number of benzene rings is 2. The van der Waals surface area contributed by atoms with E-state index in [2.05, 4.69) is 5.32 Å². The van der Waals surface area contributed by atoms with Crippen LogP contribution in [0.5, 0.6) is 5.75 Å². The summed E-state index contributed by atoms with van der Waals surface area (Å²) in [5.74, 6) is 0.552. The van der Waals surface area contributed by atoms with Crippen molar-refractivity contribution in [1.29, 1.82) is 0 Å². The van der Waals surface area contributed by atoms with Crippen LogP contribution in [-0.4, -0.2) is 24.3 Å². The first kappa shape index (κ1) is 16.2. The third-order valence-electron chi connectivity index (χ3n) is 4.25. The highest BCUT2D eigenvalue weighted by molar-refractivity contribution is 5.96. The number of hydrogen-bond acceptors (Lipinski definition) is 3. The summed E-state index contributed by atoms with van der Waals surface area (Å²) in [6.07, 6.45) is 0.947. The van der Waals surface area contributed by atoms with Crippen molar-refractivity contribution in [3.05, 3.63) is 65.7 Å². The number of ketones is 1. The highest BCUT2D eigenvalue weighted by Gasteiger charge is 2.28. The number of para-hydroxylation sites is 1. The molecule has 124 valence electrons. The molecule has 24 heavy (non-hydrogen) atoms. The molecule has 0 spiro atoms. The first-order valence-electron chi connectivity index (χ1n) is 8.25. The molecule has 1 amide bonds. The van der Waals surface area contributed by atoms with Gasteiger partial charge in [0.1, 0.15) is 5.75 Å². The molecule has 1 aliphatic rings. The monoisotopic (exact) mass is 323 g/mol. The third-order valence-corrected chi connectivity index (χ3v) is 4.25. The van der Waals surface area contributed by atoms with Gasteiger partial charge in [0, 0.05) is 23.6 Å². The standard InChI is InChI=1S/C20H21NO3/c1-14(13-18(22)15-7-3-2-4-8-15)21-20(23)17-11-12-24-19-10-6-5-9-16(17)19/h2-10,14,17H,11-13H2,1H3,(H,21,23)/t14-,17+/m0/s1. The SMILES string of the molecule is C[C@@H](CC(=O)c1ccccc1)NC(=O)[C@@H]1CCOc2ccccc21. The molecule has 1 N–H and O–H groups in total. The minimum absolute atomic E-state index is 0.0378. The molecule has 0 radical (unpaired) electrons. The first-order valence-corrected chi connectivity index (χ1v) is 8.25. The fourth-order valence-corrected chi connectivity index (χ4v) is 3.03. The van der Waals surface area contributed by atoms with Crippen molar-refractivity contribution in [3.63, 3.8) is 0 Å². The first-order chi connectivity index (χ1) is 11.6. The molecule has 3 rings (SSSR count). The van der Waals surface area contributed by atoms with Gasteiger partial charge in [-0.1, -0.05) is 48.5 Å². The molecule has 4 heteroatoms. The van der Waals surface area contributed by atoms with Crippen LogP contribution in [-0.2, 0) is 4.79 Å². The summed E-state index contributed by atoms with van der Waals surface area (Å²) in [6, 6.07) is 16.6. The van der Waals surface area contributed by atoms with Gasteiger partial charge < -0.3 is 10.1 Å². The number of carbonyl (C=O) groups excluding carboxylic acids is 2. The third kappa shape index (κ3) is 3.65. The Morgan fingerprint density at radius 3 is 2.62 bits per heavy atom. The van der Waals surface area contributed by atoms with Gasteiger partial charge in [-0.25, -0.2) is 0 Å². The van der Waals surface area contributed by atoms with Crippen molar-refractivity contribution >= 4 is 11.7 Å². The quantitative estimate of drug-likeness (QED) is 0.859. The predicted molar refractivity (Wildman–Crippen MR) is 92.3 cm³/mol. The molecular formula is C20H21NO3. The summed E-state index contributed by atoms with van der Waals surface area (Å²) in [5.41, 5.74) is 1.60. The molecule has 2 aromatic carbocycles. The van der Waals surface area contributed by atoms with Crippen LogP contribution in [0.25, 0.3) is 0 Å². The van der Waals surface area contributed by atoms with E-state index in [-0.39, 0.29) is 23.7 Å². The van der Waals surface area contributed by atoms with Crippen molar-refractivity contribution < 1.29 is 14.3 Å². The van der Waals surface area contributed by atoms with Crippen molar-refractivity contribution in [1.82, 2.24) is 5.32 Å². The maximum Gasteiger partial charge on any atom is 0.228 e.